The molecule has 4 rings (SSSR count). The number of hydrogen-bond acceptors (Lipinski definition) is 7. The molecule has 3 aromatic carbocycles. The molecule has 1 atom stereocenters. The Morgan fingerprint density at radius 3 is 2.36 bits per heavy atom. The Morgan fingerprint density at radius 2 is 1.62 bits per heavy atom. The molecule has 0 radical (unpaired) electrons. The van der Waals surface area contributed by atoms with Crippen molar-refractivity contribution in [2.45, 2.75) is 30.2 Å². The number of amides is 3. The number of ether oxygens (including phenoxy) is 1. The average molecular weight is 551 g/mol. The van der Waals surface area contributed by atoms with Gasteiger partial charge in [0.1, 0.15) is 5.75 Å². The minimum atomic E-state index is -3.51. The summed E-state index contributed by atoms with van der Waals surface area (Å²) in [5.41, 5.74) is 12.6. The second-order valence-corrected chi connectivity index (χ2v) is 11.0. The van der Waals surface area contributed by atoms with Crippen molar-refractivity contribution in [1.29, 1.82) is 0 Å². The third-order valence-corrected chi connectivity index (χ3v) is 7.82. The van der Waals surface area contributed by atoms with Crippen LogP contribution in [0.25, 0.3) is 16.3 Å². The van der Waals surface area contributed by atoms with Crippen LogP contribution in [0.15, 0.2) is 71.0 Å². The summed E-state index contributed by atoms with van der Waals surface area (Å²) in [6.45, 7) is 0.359. The first kappa shape index (κ1) is 27.8. The largest absolute Gasteiger partial charge is 0.493 e. The van der Waals surface area contributed by atoms with Gasteiger partial charge >= 0.3 is 0 Å². The normalized spacial score (nSPS) is 14.2. The Labute approximate surface area is 226 Å². The van der Waals surface area contributed by atoms with E-state index in [4.69, 9.17) is 16.2 Å². The molecule has 0 spiro atoms. The number of benzene rings is 3. The molecule has 10 nitrogen and oxygen atoms in total. The number of carbonyl (C=O) groups is 3. The molecule has 3 aromatic rings. The first-order valence-corrected chi connectivity index (χ1v) is 14.0. The van der Waals surface area contributed by atoms with Gasteiger partial charge in [-0.1, -0.05) is 42.5 Å². The van der Waals surface area contributed by atoms with Crippen LogP contribution in [0, 0.1) is 0 Å². The lowest BCUT2D eigenvalue weighted by Crippen LogP contribution is -2.41. The van der Waals surface area contributed by atoms with Crippen LogP contribution in [0.5, 0.6) is 5.75 Å². The van der Waals surface area contributed by atoms with Crippen LogP contribution in [-0.4, -0.2) is 51.9 Å². The molecule has 0 bridgehead atoms. The summed E-state index contributed by atoms with van der Waals surface area (Å²) in [6.07, 6.45) is 1.28. The summed E-state index contributed by atoms with van der Waals surface area (Å²) in [6, 6.07) is 16.7. The monoisotopic (exact) mass is 550 g/mol. The summed E-state index contributed by atoms with van der Waals surface area (Å²) < 4.78 is 30.5. The van der Waals surface area contributed by atoms with Gasteiger partial charge in [-0.2, -0.15) is 0 Å². The summed E-state index contributed by atoms with van der Waals surface area (Å²) in [5, 5.41) is 8.18. The highest BCUT2D eigenvalue weighted by Gasteiger charge is 2.28. The van der Waals surface area contributed by atoms with Crippen molar-refractivity contribution >= 4 is 43.9 Å². The van der Waals surface area contributed by atoms with Gasteiger partial charge in [-0.25, -0.2) is 8.42 Å². The lowest BCUT2D eigenvalue weighted by Gasteiger charge is -2.14. The maximum absolute atomic E-state index is 12.6. The summed E-state index contributed by atoms with van der Waals surface area (Å²) in [4.78, 5) is 36.4. The zero-order valence-electron chi connectivity index (χ0n) is 21.2. The number of fused-ring (bicyclic) bond motifs is 2. The second kappa shape index (κ2) is 12.1. The predicted octanol–water partition coefficient (Wildman–Crippen LogP) is 1.88. The molecule has 1 aliphatic heterocycles. The van der Waals surface area contributed by atoms with E-state index in [-0.39, 0.29) is 30.4 Å². The minimum Gasteiger partial charge on any atom is -0.493 e. The average Bonchev–Trinajstić information content (AvgIpc) is 3.17. The number of sulfone groups is 1. The maximum Gasteiger partial charge on any atom is 0.255 e. The van der Waals surface area contributed by atoms with E-state index in [1.165, 1.54) is 11.5 Å². The first-order chi connectivity index (χ1) is 18.7. The summed E-state index contributed by atoms with van der Waals surface area (Å²) >= 11 is 0. The topological polar surface area (TPSA) is 171 Å². The van der Waals surface area contributed by atoms with E-state index in [9.17, 15) is 22.8 Å². The summed E-state index contributed by atoms with van der Waals surface area (Å²) in [5.74, 6) is -1.12. The fourth-order valence-corrected chi connectivity index (χ4v) is 5.81. The molecular formula is C28H30N4O6S. The van der Waals surface area contributed by atoms with Gasteiger partial charge in [0, 0.05) is 12.0 Å². The number of hydrogen-bond donors (Lipinski definition) is 4. The molecule has 6 N–H and O–H groups in total. The van der Waals surface area contributed by atoms with Crippen molar-refractivity contribution in [3.8, 4) is 5.75 Å². The number of unbranched alkanes of at least 4 members (excludes halogenated alkanes) is 1. The Hall–Kier alpha value is -4.22. The number of nitrogens with one attached hydrogen (secondary N) is 2. The molecule has 0 aromatic heterocycles. The van der Waals surface area contributed by atoms with E-state index in [0.29, 0.717) is 41.8 Å². The quantitative estimate of drug-likeness (QED) is 0.249. The van der Waals surface area contributed by atoms with Gasteiger partial charge < -0.3 is 26.8 Å². The zero-order chi connectivity index (χ0) is 28.0. The van der Waals surface area contributed by atoms with E-state index in [0.717, 1.165) is 10.8 Å². The van der Waals surface area contributed by atoms with Gasteiger partial charge in [0.05, 0.1) is 29.7 Å². The van der Waals surface area contributed by atoms with Crippen molar-refractivity contribution in [1.82, 2.24) is 10.6 Å². The van der Waals surface area contributed by atoms with E-state index in [2.05, 4.69) is 10.6 Å². The van der Waals surface area contributed by atoms with E-state index in [1.54, 1.807) is 30.3 Å². The van der Waals surface area contributed by atoms with Crippen molar-refractivity contribution in [2.75, 3.05) is 19.7 Å². The van der Waals surface area contributed by atoms with Crippen LogP contribution in [0.4, 0.5) is 0 Å². The third-order valence-electron chi connectivity index (χ3n) is 6.26. The van der Waals surface area contributed by atoms with E-state index in [1.807, 2.05) is 24.3 Å². The van der Waals surface area contributed by atoms with Gasteiger partial charge in [0.2, 0.25) is 21.7 Å². The number of nitrogens with two attached hydrogens (primary N) is 2. The molecular weight excluding hydrogens is 520 g/mol. The Morgan fingerprint density at radius 1 is 0.923 bits per heavy atom. The molecule has 39 heavy (non-hydrogen) atoms. The van der Waals surface area contributed by atoms with Crippen LogP contribution >= 0.6 is 0 Å². The van der Waals surface area contributed by atoms with Gasteiger partial charge in [-0.15, -0.1) is 0 Å². The first-order valence-electron chi connectivity index (χ1n) is 12.5. The Balaban J connectivity index is 1.26. The third kappa shape index (κ3) is 6.81. The highest BCUT2D eigenvalue weighted by Crippen LogP contribution is 2.35. The van der Waals surface area contributed by atoms with Crippen molar-refractivity contribution < 1.29 is 27.5 Å². The molecule has 1 aliphatic rings. The SMILES string of the molecule is NC(=O)CNC(=O)c1cc2ccccc2cc1OCCCCNC(=O)C(N)CC1=CS(=O)(=O)c2ccccc21. The van der Waals surface area contributed by atoms with Crippen molar-refractivity contribution in [3.05, 3.63) is 77.2 Å². The summed E-state index contributed by atoms with van der Waals surface area (Å²) in [7, 11) is -3.51. The Bertz CT molecular complexity index is 1550. The minimum absolute atomic E-state index is 0.105. The molecule has 1 unspecified atom stereocenters. The number of primary amides is 1. The molecule has 204 valence electrons. The molecule has 0 saturated heterocycles. The van der Waals surface area contributed by atoms with Crippen LogP contribution in [0.3, 0.4) is 0 Å². The molecule has 0 aliphatic carbocycles. The number of carbonyl (C=O) groups excluding carboxylic acids is 3. The van der Waals surface area contributed by atoms with E-state index < -0.39 is 27.7 Å². The van der Waals surface area contributed by atoms with Crippen LogP contribution in [-0.2, 0) is 19.4 Å². The molecule has 0 saturated carbocycles. The van der Waals surface area contributed by atoms with Crippen molar-refractivity contribution in [2.24, 2.45) is 11.5 Å². The lowest BCUT2D eigenvalue weighted by molar-refractivity contribution is -0.122. The van der Waals surface area contributed by atoms with Crippen LogP contribution < -0.4 is 26.8 Å². The zero-order valence-corrected chi connectivity index (χ0v) is 22.0. The molecule has 11 heteroatoms. The smallest absolute Gasteiger partial charge is 0.255 e. The molecule has 1 heterocycles. The number of rotatable bonds is 12. The van der Waals surface area contributed by atoms with Crippen LogP contribution in [0.2, 0.25) is 0 Å². The fourth-order valence-electron chi connectivity index (χ4n) is 4.31. The maximum atomic E-state index is 12.6. The molecule has 0 fully saturated rings. The van der Waals surface area contributed by atoms with Crippen LogP contribution in [0.1, 0.15) is 35.2 Å². The highest BCUT2D eigenvalue weighted by molar-refractivity contribution is 7.95. The highest BCUT2D eigenvalue weighted by atomic mass is 32.2. The predicted molar refractivity (Wildman–Crippen MR) is 147 cm³/mol. The van der Waals surface area contributed by atoms with Gasteiger partial charge in [-0.05, 0) is 59.4 Å². The molecule has 3 amide bonds. The van der Waals surface area contributed by atoms with Gasteiger partial charge in [0.15, 0.2) is 0 Å². The van der Waals surface area contributed by atoms with E-state index >= 15 is 0 Å². The lowest BCUT2D eigenvalue weighted by atomic mass is 10.0. The Kier molecular flexibility index (Phi) is 8.62. The van der Waals surface area contributed by atoms with Gasteiger partial charge in [-0.3, -0.25) is 14.4 Å². The second-order valence-electron chi connectivity index (χ2n) is 9.19. The standard InChI is InChI=1S/C28H30N4O6S/c29-23(14-20-17-39(36,37)25-10-4-3-9-21(20)25)28(35)31-11-5-6-12-38-24-15-19-8-2-1-7-18(19)13-22(24)27(34)32-16-26(30)33/h1-4,7-10,13,15,17,23H,5-6,11-12,14,16,29H2,(H2,30,33)(H,31,35)(H,32,34). The fraction of sp³-hybridized carbons (Fsp3) is 0.250. The van der Waals surface area contributed by atoms with Crippen molar-refractivity contribution in [3.63, 3.8) is 0 Å². The van der Waals surface area contributed by atoms with Gasteiger partial charge in [0.25, 0.3) is 5.91 Å².